The van der Waals surface area contributed by atoms with Crippen LogP contribution in [-0.2, 0) is 18.5 Å². The molecule has 1 saturated heterocycles. The maximum atomic E-state index is 12.2. The summed E-state index contributed by atoms with van der Waals surface area (Å²) in [5.41, 5.74) is 2.19. The molecule has 0 spiro atoms. The fourth-order valence-corrected chi connectivity index (χ4v) is 4.68. The average Bonchev–Trinajstić information content (AvgIpc) is 3.37. The van der Waals surface area contributed by atoms with Crippen molar-refractivity contribution in [2.75, 3.05) is 13.1 Å². The Labute approximate surface area is 165 Å². The van der Waals surface area contributed by atoms with Crippen LogP contribution in [0.1, 0.15) is 68.8 Å². The number of thiazole rings is 1. The van der Waals surface area contributed by atoms with Crippen molar-refractivity contribution < 1.29 is 0 Å². The minimum atomic E-state index is -0.0360. The molecule has 0 amide bonds. The molecule has 6 heteroatoms. The fraction of sp³-hybridized carbons (Fsp3) is 0.667. The molecule has 1 saturated carbocycles. The second kappa shape index (κ2) is 7.47. The second-order valence-electron chi connectivity index (χ2n) is 9.16. The van der Waals surface area contributed by atoms with E-state index in [9.17, 15) is 4.79 Å². The lowest BCUT2D eigenvalue weighted by molar-refractivity contribution is 0.162. The minimum Gasteiger partial charge on any atom is -0.297 e. The third-order valence-electron chi connectivity index (χ3n) is 5.66. The first kappa shape index (κ1) is 18.8. The maximum Gasteiger partial charge on any atom is 0.266 e. The van der Waals surface area contributed by atoms with Gasteiger partial charge in [-0.15, -0.1) is 11.3 Å². The Balaban J connectivity index is 1.32. The zero-order chi connectivity index (χ0) is 19.0. The summed E-state index contributed by atoms with van der Waals surface area (Å²) in [7, 11) is 0. The van der Waals surface area contributed by atoms with Crippen LogP contribution in [0.3, 0.4) is 0 Å². The number of piperidine rings is 1. The average molecular weight is 387 g/mol. The molecule has 146 valence electrons. The first-order valence-corrected chi connectivity index (χ1v) is 11.0. The highest BCUT2D eigenvalue weighted by Gasteiger charge is 2.27. The molecule has 0 unspecified atom stereocenters. The largest absolute Gasteiger partial charge is 0.297 e. The molecule has 0 bridgehead atoms. The molecule has 2 aromatic rings. The summed E-state index contributed by atoms with van der Waals surface area (Å²) in [6.07, 6.45) is 4.88. The van der Waals surface area contributed by atoms with Crippen LogP contribution in [0.2, 0.25) is 0 Å². The quantitative estimate of drug-likeness (QED) is 0.785. The summed E-state index contributed by atoms with van der Waals surface area (Å²) < 4.78 is 1.68. The van der Waals surface area contributed by atoms with Crippen LogP contribution in [0, 0.1) is 5.92 Å². The second-order valence-corrected chi connectivity index (χ2v) is 10.0. The third-order valence-corrected chi connectivity index (χ3v) is 6.71. The van der Waals surface area contributed by atoms with E-state index in [1.54, 1.807) is 10.7 Å². The van der Waals surface area contributed by atoms with Gasteiger partial charge in [0.1, 0.15) is 0 Å². The molecular weight excluding hydrogens is 356 g/mol. The Hall–Kier alpha value is -1.53. The summed E-state index contributed by atoms with van der Waals surface area (Å²) in [4.78, 5) is 19.5. The van der Waals surface area contributed by atoms with Gasteiger partial charge in [0.05, 0.1) is 16.4 Å². The van der Waals surface area contributed by atoms with Crippen LogP contribution < -0.4 is 5.56 Å². The van der Waals surface area contributed by atoms with Crippen LogP contribution in [0.5, 0.6) is 0 Å². The van der Waals surface area contributed by atoms with Crippen LogP contribution in [0.4, 0.5) is 0 Å². The maximum absolute atomic E-state index is 12.2. The van der Waals surface area contributed by atoms with E-state index < -0.39 is 0 Å². The van der Waals surface area contributed by atoms with Gasteiger partial charge in [-0.2, -0.15) is 5.10 Å². The zero-order valence-corrected chi connectivity index (χ0v) is 17.5. The van der Waals surface area contributed by atoms with E-state index in [0.29, 0.717) is 5.92 Å². The number of hydrogen-bond acceptors (Lipinski definition) is 5. The molecule has 0 aromatic carbocycles. The van der Waals surface area contributed by atoms with Crippen molar-refractivity contribution in [2.24, 2.45) is 5.92 Å². The van der Waals surface area contributed by atoms with E-state index in [1.165, 1.54) is 23.5 Å². The van der Waals surface area contributed by atoms with Crippen LogP contribution >= 0.6 is 11.3 Å². The van der Waals surface area contributed by atoms with E-state index in [1.807, 2.05) is 17.4 Å². The predicted octanol–water partition coefficient (Wildman–Crippen LogP) is 3.79. The van der Waals surface area contributed by atoms with E-state index in [0.717, 1.165) is 50.6 Å². The van der Waals surface area contributed by atoms with Crippen molar-refractivity contribution in [3.8, 4) is 0 Å². The van der Waals surface area contributed by atoms with Gasteiger partial charge < -0.3 is 0 Å². The van der Waals surface area contributed by atoms with Crippen molar-refractivity contribution in [3.05, 3.63) is 44.3 Å². The Kier molecular flexibility index (Phi) is 5.21. The highest BCUT2D eigenvalue weighted by atomic mass is 32.1. The lowest BCUT2D eigenvalue weighted by Crippen LogP contribution is -2.37. The lowest BCUT2D eigenvalue weighted by Gasteiger charge is -2.31. The Morgan fingerprint density at radius 2 is 1.89 bits per heavy atom. The van der Waals surface area contributed by atoms with Crippen LogP contribution in [0.15, 0.2) is 22.3 Å². The lowest BCUT2D eigenvalue weighted by atomic mass is 9.92. The summed E-state index contributed by atoms with van der Waals surface area (Å²) >= 11 is 1.83. The number of nitrogens with zero attached hydrogens (tertiary/aromatic N) is 4. The van der Waals surface area contributed by atoms with E-state index >= 15 is 0 Å². The topological polar surface area (TPSA) is 51.0 Å². The molecule has 1 aliphatic carbocycles. The van der Waals surface area contributed by atoms with Gasteiger partial charge in [-0.1, -0.05) is 20.8 Å². The van der Waals surface area contributed by atoms with Crippen molar-refractivity contribution >= 4 is 11.3 Å². The molecule has 5 nitrogen and oxygen atoms in total. The Bertz CT molecular complexity index is 838. The van der Waals surface area contributed by atoms with Gasteiger partial charge in [-0.3, -0.25) is 9.69 Å². The highest BCUT2D eigenvalue weighted by molar-refractivity contribution is 7.09. The van der Waals surface area contributed by atoms with Gasteiger partial charge in [0, 0.05) is 35.9 Å². The van der Waals surface area contributed by atoms with E-state index in [2.05, 4.69) is 36.1 Å². The summed E-state index contributed by atoms with van der Waals surface area (Å²) in [6, 6.07) is 3.54. The molecule has 0 N–H and O–H groups in total. The first-order valence-electron chi connectivity index (χ1n) is 10.1. The van der Waals surface area contributed by atoms with Crippen molar-refractivity contribution in [3.63, 3.8) is 0 Å². The van der Waals surface area contributed by atoms with Crippen molar-refractivity contribution in [1.82, 2.24) is 19.7 Å². The molecule has 0 radical (unpaired) electrons. The minimum absolute atomic E-state index is 0.0144. The van der Waals surface area contributed by atoms with Gasteiger partial charge in [0.15, 0.2) is 0 Å². The van der Waals surface area contributed by atoms with Crippen LogP contribution in [-0.4, -0.2) is 32.8 Å². The van der Waals surface area contributed by atoms with E-state index in [4.69, 9.17) is 4.98 Å². The van der Waals surface area contributed by atoms with Gasteiger partial charge in [0.2, 0.25) is 0 Å². The van der Waals surface area contributed by atoms with Gasteiger partial charge in [-0.05, 0) is 50.8 Å². The number of rotatable bonds is 5. The number of likely N-dealkylation sites (tertiary alicyclic amines) is 1. The van der Waals surface area contributed by atoms with Gasteiger partial charge >= 0.3 is 0 Å². The molecular formula is C21H30N4OS. The number of hydrogen-bond donors (Lipinski definition) is 0. The Morgan fingerprint density at radius 3 is 2.56 bits per heavy atom. The van der Waals surface area contributed by atoms with Crippen molar-refractivity contribution in [1.29, 1.82) is 0 Å². The normalized spacial score (nSPS) is 19.5. The molecule has 0 atom stereocenters. The summed E-state index contributed by atoms with van der Waals surface area (Å²) in [5, 5.41) is 8.21. The summed E-state index contributed by atoms with van der Waals surface area (Å²) in [6.45, 7) is 10.3. The standard InChI is InChI=1S/C21H30N4OS/c1-21(2,3)18-6-7-19(26)25(23-18)12-15-8-10-24(11-9-15)13-17-14-27-20(22-17)16-4-5-16/h6-7,14-16H,4-5,8-13H2,1-3H3. The zero-order valence-electron chi connectivity index (χ0n) is 16.6. The molecule has 2 fully saturated rings. The number of aromatic nitrogens is 3. The molecule has 27 heavy (non-hydrogen) atoms. The smallest absolute Gasteiger partial charge is 0.266 e. The fourth-order valence-electron chi connectivity index (χ4n) is 3.69. The first-order chi connectivity index (χ1) is 12.9. The van der Waals surface area contributed by atoms with Crippen molar-refractivity contribution in [2.45, 2.75) is 70.9 Å². The predicted molar refractivity (Wildman–Crippen MR) is 109 cm³/mol. The monoisotopic (exact) mass is 386 g/mol. The molecule has 1 aliphatic heterocycles. The molecule has 2 aliphatic rings. The van der Waals surface area contributed by atoms with Gasteiger partial charge in [-0.25, -0.2) is 9.67 Å². The Morgan fingerprint density at radius 1 is 1.15 bits per heavy atom. The third kappa shape index (κ3) is 4.66. The SMILES string of the molecule is CC(C)(C)c1ccc(=O)n(CC2CCN(Cc3csc(C4CC4)n3)CC2)n1. The molecule has 3 heterocycles. The highest BCUT2D eigenvalue weighted by Crippen LogP contribution is 2.41. The summed E-state index contributed by atoms with van der Waals surface area (Å²) in [5.74, 6) is 1.28. The van der Waals surface area contributed by atoms with E-state index in [-0.39, 0.29) is 11.0 Å². The van der Waals surface area contributed by atoms with Gasteiger partial charge in [0.25, 0.3) is 5.56 Å². The van der Waals surface area contributed by atoms with Crippen LogP contribution in [0.25, 0.3) is 0 Å². The molecule has 4 rings (SSSR count). The molecule has 2 aromatic heterocycles.